The minimum atomic E-state index is -2.57. The number of nitroso groups, excluding NO2 is 1. The van der Waals surface area contributed by atoms with Crippen LogP contribution in [0.2, 0.25) is 0 Å². The highest BCUT2D eigenvalue weighted by Gasteiger charge is 2.20. The van der Waals surface area contributed by atoms with Crippen LogP contribution in [0, 0.1) is 4.91 Å². The third-order valence-corrected chi connectivity index (χ3v) is 4.29. The number of ether oxygens (including phenoxy) is 1. The maximum absolute atomic E-state index is 13.1. The van der Waals surface area contributed by atoms with Crippen LogP contribution in [-0.2, 0) is 13.1 Å². The lowest BCUT2D eigenvalue weighted by Gasteiger charge is -2.10. The Balaban J connectivity index is 1.88. The number of aromatic nitrogens is 6. The lowest BCUT2D eigenvalue weighted by molar-refractivity contribution is 0.127. The van der Waals surface area contributed by atoms with Crippen molar-refractivity contribution in [2.45, 2.75) is 19.5 Å². The van der Waals surface area contributed by atoms with Gasteiger partial charge >= 0.3 is 0 Å². The Labute approximate surface area is 163 Å². The van der Waals surface area contributed by atoms with Gasteiger partial charge in [-0.1, -0.05) is 5.18 Å². The van der Waals surface area contributed by atoms with E-state index in [1.807, 2.05) is 0 Å². The number of methoxy groups -OCH3 is 1. The van der Waals surface area contributed by atoms with Gasteiger partial charge in [0.2, 0.25) is 5.88 Å². The van der Waals surface area contributed by atoms with Crippen LogP contribution in [0.15, 0.2) is 48.2 Å². The Morgan fingerprint density at radius 3 is 2.69 bits per heavy atom. The molecule has 0 atom stereocenters. The van der Waals surface area contributed by atoms with E-state index in [0.29, 0.717) is 39.9 Å². The molecule has 0 aliphatic heterocycles. The lowest BCUT2D eigenvalue weighted by Crippen LogP contribution is -2.09. The minimum Gasteiger partial charge on any atom is -0.481 e. The molecule has 0 bridgehead atoms. The zero-order chi connectivity index (χ0) is 20.4. The smallest absolute Gasteiger partial charge is 0.256 e. The van der Waals surface area contributed by atoms with Gasteiger partial charge in [-0.25, -0.2) is 28.2 Å². The van der Waals surface area contributed by atoms with Crippen LogP contribution in [0.4, 0.5) is 8.78 Å². The topological polar surface area (TPSA) is 99.6 Å². The van der Waals surface area contributed by atoms with Gasteiger partial charge in [0.25, 0.3) is 6.43 Å². The van der Waals surface area contributed by atoms with E-state index in [4.69, 9.17) is 4.74 Å². The molecule has 0 unspecified atom stereocenters. The number of fused-ring (bicyclic) bond motifs is 1. The van der Waals surface area contributed by atoms with Crippen molar-refractivity contribution in [2.24, 2.45) is 5.18 Å². The van der Waals surface area contributed by atoms with Crippen LogP contribution in [-0.4, -0.2) is 42.7 Å². The Morgan fingerprint density at radius 1 is 1.14 bits per heavy atom. The second-order valence-corrected chi connectivity index (χ2v) is 6.10. The lowest BCUT2D eigenvalue weighted by atomic mass is 10.1. The molecule has 9 nitrogen and oxygen atoms in total. The average Bonchev–Trinajstić information content (AvgIpc) is 3.32. The first-order valence-electron chi connectivity index (χ1n) is 8.57. The number of rotatable bonds is 7. The summed E-state index contributed by atoms with van der Waals surface area (Å²) in [5, 5.41) is 7.36. The maximum atomic E-state index is 13.1. The van der Waals surface area contributed by atoms with Crippen molar-refractivity contribution < 1.29 is 13.5 Å². The van der Waals surface area contributed by atoms with E-state index in [1.54, 1.807) is 30.5 Å². The zero-order valence-electron chi connectivity index (χ0n) is 15.2. The first kappa shape index (κ1) is 18.6. The quantitative estimate of drug-likeness (QED) is 0.443. The molecule has 4 rings (SSSR count). The zero-order valence-corrected chi connectivity index (χ0v) is 15.2. The molecule has 4 aromatic rings. The molecule has 0 saturated carbocycles. The Hall–Kier alpha value is -3.76. The molecule has 4 heterocycles. The van der Waals surface area contributed by atoms with Gasteiger partial charge in [-0.05, 0) is 18.2 Å². The summed E-state index contributed by atoms with van der Waals surface area (Å²) >= 11 is 0. The number of imidazole rings is 2. The SMILES string of the molecule is COc1ccc(-c2ncn(CC(F)F)c2-c2ccc3ncc(CN=O)n3n2)cn1. The molecule has 0 fully saturated rings. The van der Waals surface area contributed by atoms with Crippen LogP contribution >= 0.6 is 0 Å². The largest absolute Gasteiger partial charge is 0.481 e. The molecule has 0 aliphatic rings. The van der Waals surface area contributed by atoms with Gasteiger partial charge in [0.15, 0.2) is 5.65 Å². The Kier molecular flexibility index (Phi) is 4.94. The van der Waals surface area contributed by atoms with E-state index in [1.165, 1.54) is 28.7 Å². The average molecular weight is 399 g/mol. The van der Waals surface area contributed by atoms with Crippen molar-refractivity contribution in [2.75, 3.05) is 7.11 Å². The molecule has 0 amide bonds. The van der Waals surface area contributed by atoms with Crippen LogP contribution in [0.5, 0.6) is 5.88 Å². The van der Waals surface area contributed by atoms with Gasteiger partial charge in [-0.3, -0.25) is 0 Å². The molecule has 0 aromatic carbocycles. The Bertz CT molecular complexity index is 1150. The van der Waals surface area contributed by atoms with Crippen molar-refractivity contribution in [3.8, 4) is 28.5 Å². The van der Waals surface area contributed by atoms with Crippen molar-refractivity contribution in [1.82, 2.24) is 29.1 Å². The molecule has 4 aromatic heterocycles. The second-order valence-electron chi connectivity index (χ2n) is 6.10. The fraction of sp³-hybridized carbons (Fsp3) is 0.222. The van der Waals surface area contributed by atoms with Gasteiger partial charge in [0, 0.05) is 17.8 Å². The van der Waals surface area contributed by atoms with Crippen molar-refractivity contribution in [3.63, 3.8) is 0 Å². The van der Waals surface area contributed by atoms with Gasteiger partial charge in [0.05, 0.1) is 43.3 Å². The monoisotopic (exact) mass is 399 g/mol. The van der Waals surface area contributed by atoms with Crippen LogP contribution in [0.25, 0.3) is 28.3 Å². The number of hydrogen-bond donors (Lipinski definition) is 0. The first-order chi connectivity index (χ1) is 14.1. The summed E-state index contributed by atoms with van der Waals surface area (Å²) in [6.45, 7) is -0.651. The van der Waals surface area contributed by atoms with E-state index in [9.17, 15) is 13.7 Å². The van der Waals surface area contributed by atoms with E-state index < -0.39 is 13.0 Å². The predicted octanol–water partition coefficient (Wildman–Crippen LogP) is 3.19. The van der Waals surface area contributed by atoms with Gasteiger partial charge < -0.3 is 9.30 Å². The summed E-state index contributed by atoms with van der Waals surface area (Å²) in [6.07, 6.45) is 1.82. The highest BCUT2D eigenvalue weighted by atomic mass is 19.3. The van der Waals surface area contributed by atoms with Crippen LogP contribution in [0.3, 0.4) is 0 Å². The Morgan fingerprint density at radius 2 is 2.00 bits per heavy atom. The maximum Gasteiger partial charge on any atom is 0.256 e. The van der Waals surface area contributed by atoms with Crippen molar-refractivity contribution >= 4 is 5.65 Å². The first-order valence-corrected chi connectivity index (χ1v) is 8.57. The van der Waals surface area contributed by atoms with Gasteiger partial charge in [-0.2, -0.15) is 10.0 Å². The summed E-state index contributed by atoms with van der Waals surface area (Å²) in [5.41, 5.74) is 2.87. The standard InChI is InChI=1S/C18H15F2N7O2/c1-29-16-5-2-11(6-22-16)17-18(26(10-23-17)9-14(19)20)13-3-4-15-21-7-12(8-24-28)27(15)25-13/h2-7,10,14H,8-9H2,1H3. The molecule has 0 aliphatic carbocycles. The number of halogens is 2. The minimum absolute atomic E-state index is 0.108. The number of hydrogen-bond acceptors (Lipinski definition) is 7. The fourth-order valence-corrected chi connectivity index (χ4v) is 3.01. The molecule has 29 heavy (non-hydrogen) atoms. The molecule has 0 saturated heterocycles. The van der Waals surface area contributed by atoms with E-state index >= 15 is 0 Å². The second kappa shape index (κ2) is 7.70. The third kappa shape index (κ3) is 3.53. The molecule has 148 valence electrons. The van der Waals surface area contributed by atoms with E-state index in [0.717, 1.165) is 0 Å². The number of nitrogens with zero attached hydrogens (tertiary/aromatic N) is 7. The molecule has 0 spiro atoms. The molecular weight excluding hydrogens is 384 g/mol. The van der Waals surface area contributed by atoms with E-state index in [-0.39, 0.29) is 6.54 Å². The number of pyridine rings is 1. The molecule has 0 radical (unpaired) electrons. The van der Waals surface area contributed by atoms with Crippen LogP contribution in [0.1, 0.15) is 5.69 Å². The summed E-state index contributed by atoms with van der Waals surface area (Å²) in [4.78, 5) is 23.3. The normalized spacial score (nSPS) is 11.3. The summed E-state index contributed by atoms with van der Waals surface area (Å²) < 4.78 is 34.1. The molecular formula is C18H15F2N7O2. The van der Waals surface area contributed by atoms with Crippen molar-refractivity contribution in [1.29, 1.82) is 0 Å². The highest BCUT2D eigenvalue weighted by Crippen LogP contribution is 2.31. The molecule has 0 N–H and O–H groups in total. The summed E-state index contributed by atoms with van der Waals surface area (Å²) in [6, 6.07) is 6.75. The number of alkyl halides is 2. The van der Waals surface area contributed by atoms with Crippen LogP contribution < -0.4 is 4.74 Å². The summed E-state index contributed by atoms with van der Waals surface area (Å²) in [7, 11) is 1.50. The summed E-state index contributed by atoms with van der Waals surface area (Å²) in [5.74, 6) is 0.422. The molecule has 11 heteroatoms. The van der Waals surface area contributed by atoms with E-state index in [2.05, 4.69) is 25.2 Å². The highest BCUT2D eigenvalue weighted by molar-refractivity contribution is 5.76. The van der Waals surface area contributed by atoms with Gasteiger partial charge in [0.1, 0.15) is 12.2 Å². The van der Waals surface area contributed by atoms with Crippen molar-refractivity contribution in [3.05, 3.63) is 53.6 Å². The third-order valence-electron chi connectivity index (χ3n) is 4.29. The van der Waals surface area contributed by atoms with Gasteiger partial charge in [-0.15, -0.1) is 0 Å². The predicted molar refractivity (Wildman–Crippen MR) is 99.5 cm³/mol. The fourth-order valence-electron chi connectivity index (χ4n) is 3.01.